The van der Waals surface area contributed by atoms with Gasteiger partial charge in [0.25, 0.3) is 5.91 Å². The lowest BCUT2D eigenvalue weighted by Crippen LogP contribution is -2.55. The first-order valence-corrected chi connectivity index (χ1v) is 14.3. The minimum atomic E-state index is -0.573. The molecule has 0 unspecified atom stereocenters. The SMILES string of the molecule is CC(=O)N1CCC(Nc2ccc3c(c2)C(=O)N(C[C@H](O)CN2CCc4ccccc4C2)CC32CCC2)CC1. The highest BCUT2D eigenvalue weighted by atomic mass is 16.3. The van der Waals surface area contributed by atoms with Gasteiger partial charge in [0.1, 0.15) is 0 Å². The predicted octanol–water partition coefficient (Wildman–Crippen LogP) is 3.41. The van der Waals surface area contributed by atoms with Crippen LogP contribution in [-0.4, -0.2) is 83.0 Å². The Balaban J connectivity index is 1.13. The second kappa shape index (κ2) is 10.3. The van der Waals surface area contributed by atoms with Crippen molar-refractivity contribution in [2.45, 2.75) is 69.6 Å². The van der Waals surface area contributed by atoms with Gasteiger partial charge in [-0.05, 0) is 60.9 Å². The first kappa shape index (κ1) is 25.4. The van der Waals surface area contributed by atoms with Gasteiger partial charge in [-0.2, -0.15) is 0 Å². The largest absolute Gasteiger partial charge is 0.390 e. The van der Waals surface area contributed by atoms with E-state index in [1.165, 1.54) is 23.1 Å². The number of hydrogen-bond donors (Lipinski definition) is 2. The zero-order chi connectivity index (χ0) is 26.3. The highest BCUT2D eigenvalue weighted by molar-refractivity contribution is 5.98. The van der Waals surface area contributed by atoms with E-state index in [0.717, 1.165) is 69.5 Å². The highest BCUT2D eigenvalue weighted by Gasteiger charge is 2.47. The van der Waals surface area contributed by atoms with Crippen LogP contribution < -0.4 is 5.32 Å². The van der Waals surface area contributed by atoms with Crippen LogP contribution >= 0.6 is 0 Å². The minimum Gasteiger partial charge on any atom is -0.390 e. The van der Waals surface area contributed by atoms with Crippen molar-refractivity contribution in [3.63, 3.8) is 0 Å². The molecule has 2 fully saturated rings. The summed E-state index contributed by atoms with van der Waals surface area (Å²) in [5.41, 5.74) is 5.72. The third-order valence-electron chi connectivity index (χ3n) is 9.33. The van der Waals surface area contributed by atoms with Gasteiger partial charge in [0.15, 0.2) is 0 Å². The topological polar surface area (TPSA) is 76.1 Å². The number of rotatable bonds is 6. The summed E-state index contributed by atoms with van der Waals surface area (Å²) in [5.74, 6) is 0.177. The summed E-state index contributed by atoms with van der Waals surface area (Å²) in [6.07, 6.45) is 5.63. The second-order valence-electron chi connectivity index (χ2n) is 11.9. The number of benzene rings is 2. The van der Waals surface area contributed by atoms with Crippen LogP contribution in [-0.2, 0) is 23.2 Å². The summed E-state index contributed by atoms with van der Waals surface area (Å²) in [5, 5.41) is 14.7. The second-order valence-corrected chi connectivity index (χ2v) is 11.9. The predicted molar refractivity (Wildman–Crippen MR) is 148 cm³/mol. The van der Waals surface area contributed by atoms with E-state index in [0.29, 0.717) is 25.7 Å². The molecular weight excluding hydrogens is 476 g/mol. The van der Waals surface area contributed by atoms with Crippen molar-refractivity contribution in [2.24, 2.45) is 0 Å². The Hall–Kier alpha value is -2.90. The fraction of sp³-hybridized carbons (Fsp3) is 0.548. The van der Waals surface area contributed by atoms with Gasteiger partial charge in [0, 0.05) is 75.4 Å². The Morgan fingerprint density at radius 1 is 1.08 bits per heavy atom. The van der Waals surface area contributed by atoms with Crippen LogP contribution in [0.3, 0.4) is 0 Å². The smallest absolute Gasteiger partial charge is 0.254 e. The molecule has 6 rings (SSSR count). The van der Waals surface area contributed by atoms with E-state index < -0.39 is 6.10 Å². The van der Waals surface area contributed by atoms with Crippen molar-refractivity contribution in [1.29, 1.82) is 0 Å². The van der Waals surface area contributed by atoms with Crippen LogP contribution in [0.1, 0.15) is 66.1 Å². The number of anilines is 1. The van der Waals surface area contributed by atoms with E-state index in [1.807, 2.05) is 15.9 Å². The number of aliphatic hydroxyl groups excluding tert-OH is 1. The Morgan fingerprint density at radius 3 is 2.55 bits per heavy atom. The number of fused-ring (bicyclic) bond motifs is 3. The lowest BCUT2D eigenvalue weighted by Gasteiger charge is -2.50. The molecular formula is C31H40N4O3. The van der Waals surface area contributed by atoms with Crippen molar-refractivity contribution >= 4 is 17.5 Å². The third kappa shape index (κ3) is 4.94. The molecule has 3 aliphatic heterocycles. The average molecular weight is 517 g/mol. The number of likely N-dealkylation sites (tertiary alicyclic amines) is 1. The first-order chi connectivity index (χ1) is 18.4. The molecule has 1 atom stereocenters. The minimum absolute atomic E-state index is 0.0262. The normalized spacial score (nSPS) is 22.0. The van der Waals surface area contributed by atoms with Gasteiger partial charge in [0.2, 0.25) is 5.91 Å². The monoisotopic (exact) mass is 516 g/mol. The van der Waals surface area contributed by atoms with Gasteiger partial charge in [-0.15, -0.1) is 0 Å². The lowest BCUT2D eigenvalue weighted by molar-refractivity contribution is -0.129. The molecule has 2 N–H and O–H groups in total. The number of amides is 2. The quantitative estimate of drug-likeness (QED) is 0.616. The molecule has 2 aromatic rings. The van der Waals surface area contributed by atoms with E-state index in [9.17, 15) is 14.7 Å². The maximum atomic E-state index is 13.7. The average Bonchev–Trinajstić information content (AvgIpc) is 2.89. The molecule has 0 bridgehead atoms. The first-order valence-electron chi connectivity index (χ1n) is 14.3. The fourth-order valence-corrected chi connectivity index (χ4v) is 7.04. The molecule has 2 aromatic carbocycles. The zero-order valence-electron chi connectivity index (χ0n) is 22.5. The molecule has 38 heavy (non-hydrogen) atoms. The van der Waals surface area contributed by atoms with Crippen LogP contribution in [0.4, 0.5) is 5.69 Å². The van der Waals surface area contributed by atoms with Crippen molar-refractivity contribution in [3.8, 4) is 0 Å². The molecule has 0 aromatic heterocycles. The fourth-order valence-electron chi connectivity index (χ4n) is 7.04. The van der Waals surface area contributed by atoms with E-state index in [4.69, 9.17) is 0 Å². The van der Waals surface area contributed by atoms with E-state index >= 15 is 0 Å². The molecule has 202 valence electrons. The molecule has 1 saturated carbocycles. The van der Waals surface area contributed by atoms with Crippen molar-refractivity contribution in [3.05, 3.63) is 64.7 Å². The maximum Gasteiger partial charge on any atom is 0.254 e. The number of nitrogens with one attached hydrogen (secondary N) is 1. The molecule has 7 nitrogen and oxygen atoms in total. The number of piperidine rings is 1. The summed E-state index contributed by atoms with van der Waals surface area (Å²) in [4.78, 5) is 31.5. The summed E-state index contributed by atoms with van der Waals surface area (Å²) in [6, 6.07) is 15.2. The van der Waals surface area contributed by atoms with Gasteiger partial charge >= 0.3 is 0 Å². The van der Waals surface area contributed by atoms with Gasteiger partial charge in [-0.25, -0.2) is 0 Å². The lowest BCUT2D eigenvalue weighted by atomic mass is 9.61. The molecule has 2 amide bonds. The Bertz CT molecular complexity index is 1200. The maximum absolute atomic E-state index is 13.7. The number of aliphatic hydroxyl groups is 1. The van der Waals surface area contributed by atoms with Crippen molar-refractivity contribution in [1.82, 2.24) is 14.7 Å². The van der Waals surface area contributed by atoms with Gasteiger partial charge in [-0.3, -0.25) is 14.5 Å². The van der Waals surface area contributed by atoms with Gasteiger partial charge in [-0.1, -0.05) is 36.8 Å². The molecule has 7 heteroatoms. The van der Waals surface area contributed by atoms with Crippen LogP contribution in [0, 0.1) is 0 Å². The summed E-state index contributed by atoms with van der Waals surface area (Å²) in [7, 11) is 0. The number of nitrogens with zero attached hydrogens (tertiary/aromatic N) is 3. The van der Waals surface area contributed by atoms with Crippen LogP contribution in [0.25, 0.3) is 0 Å². The zero-order valence-corrected chi connectivity index (χ0v) is 22.5. The number of hydrogen-bond acceptors (Lipinski definition) is 5. The van der Waals surface area contributed by atoms with Crippen LogP contribution in [0.15, 0.2) is 42.5 Å². The molecule has 3 heterocycles. The standard InChI is InChI=1S/C31H40N4O3/c1-22(36)34-15-10-25(11-16-34)32-26-7-8-29-28(17-26)30(38)35(21-31(29)12-4-13-31)20-27(37)19-33-14-9-23-5-2-3-6-24(23)18-33/h2-3,5-8,17,25,27,32,37H,4,9-16,18-21H2,1H3/t27-/m1/s1. The molecule has 1 spiro atoms. The number of β-amino-alcohol motifs (C(OH)–C–C–N with tert-alkyl or cyclic N) is 1. The summed E-state index contributed by atoms with van der Waals surface area (Å²) >= 11 is 0. The van der Waals surface area contributed by atoms with Crippen molar-refractivity contribution in [2.75, 3.05) is 44.6 Å². The van der Waals surface area contributed by atoms with E-state index in [1.54, 1.807) is 6.92 Å². The van der Waals surface area contributed by atoms with Gasteiger partial charge in [0.05, 0.1) is 6.10 Å². The summed E-state index contributed by atoms with van der Waals surface area (Å²) < 4.78 is 0. The van der Waals surface area contributed by atoms with Gasteiger partial charge < -0.3 is 20.2 Å². The van der Waals surface area contributed by atoms with Crippen LogP contribution in [0.2, 0.25) is 0 Å². The van der Waals surface area contributed by atoms with E-state index in [2.05, 4.69) is 46.6 Å². The molecule has 4 aliphatic rings. The Morgan fingerprint density at radius 2 is 1.84 bits per heavy atom. The van der Waals surface area contributed by atoms with E-state index in [-0.39, 0.29) is 17.2 Å². The van der Waals surface area contributed by atoms with Crippen LogP contribution in [0.5, 0.6) is 0 Å². The van der Waals surface area contributed by atoms with Crippen molar-refractivity contribution < 1.29 is 14.7 Å². The number of carbonyl (C=O) groups excluding carboxylic acids is 2. The molecule has 0 radical (unpaired) electrons. The Kier molecular flexibility index (Phi) is 6.91. The third-order valence-corrected chi connectivity index (χ3v) is 9.33. The molecule has 1 saturated heterocycles. The summed E-state index contributed by atoms with van der Waals surface area (Å²) in [6.45, 7) is 6.63. The molecule has 1 aliphatic carbocycles. The number of carbonyl (C=O) groups is 2. The Labute approximate surface area is 225 Å². The highest BCUT2D eigenvalue weighted by Crippen LogP contribution is 2.48.